The minimum Gasteiger partial charge on any atom is -0.484 e. The van der Waals surface area contributed by atoms with E-state index in [1.807, 2.05) is 0 Å². The van der Waals surface area contributed by atoms with E-state index in [1.54, 1.807) is 13.2 Å². The minimum atomic E-state index is -0.327. The van der Waals surface area contributed by atoms with E-state index in [4.69, 9.17) is 25.6 Å². The van der Waals surface area contributed by atoms with Gasteiger partial charge in [0.05, 0.1) is 17.8 Å². The number of rotatable bonds is 7. The zero-order chi connectivity index (χ0) is 15.1. The number of hydrogen-bond donors (Lipinski definition) is 1. The van der Waals surface area contributed by atoms with Crippen LogP contribution in [0.2, 0.25) is 5.02 Å². The Kier molecular flexibility index (Phi) is 5.53. The molecule has 2 rings (SSSR count). The summed E-state index contributed by atoms with van der Waals surface area (Å²) in [5, 5.41) is 6.79. The van der Waals surface area contributed by atoms with Crippen LogP contribution in [-0.4, -0.2) is 36.3 Å². The molecule has 0 aromatic carbocycles. The van der Waals surface area contributed by atoms with Gasteiger partial charge in [-0.15, -0.1) is 0 Å². The molecule has 0 aliphatic heterocycles. The van der Waals surface area contributed by atoms with Crippen LogP contribution in [0.4, 0.5) is 0 Å². The van der Waals surface area contributed by atoms with Crippen LogP contribution in [0.25, 0.3) is 0 Å². The number of aromatic nitrogens is 2. The van der Waals surface area contributed by atoms with Gasteiger partial charge in [-0.3, -0.25) is 9.78 Å². The van der Waals surface area contributed by atoms with Gasteiger partial charge in [0.15, 0.2) is 11.5 Å². The van der Waals surface area contributed by atoms with Crippen LogP contribution in [0.5, 0.6) is 5.75 Å². The van der Waals surface area contributed by atoms with E-state index in [-0.39, 0.29) is 18.2 Å². The second-order valence-corrected chi connectivity index (χ2v) is 4.49. The molecule has 0 spiro atoms. The van der Waals surface area contributed by atoms with E-state index in [0.29, 0.717) is 29.7 Å². The highest BCUT2D eigenvalue weighted by atomic mass is 35.5. The first kappa shape index (κ1) is 15.3. The number of nitrogens with zero attached hydrogens (tertiary/aromatic N) is 2. The zero-order valence-corrected chi connectivity index (χ0v) is 12.1. The molecular weight excluding hydrogens is 298 g/mol. The van der Waals surface area contributed by atoms with Crippen molar-refractivity contribution < 1.29 is 18.8 Å². The second-order valence-electron chi connectivity index (χ2n) is 4.05. The van der Waals surface area contributed by atoms with Crippen molar-refractivity contribution in [3.05, 3.63) is 41.0 Å². The summed E-state index contributed by atoms with van der Waals surface area (Å²) in [6.45, 7) is 0.962. The molecule has 0 saturated heterocycles. The summed E-state index contributed by atoms with van der Waals surface area (Å²) in [5.74, 6) is 0.600. The molecule has 0 saturated carbocycles. The first-order valence-corrected chi connectivity index (χ1v) is 6.53. The van der Waals surface area contributed by atoms with Crippen LogP contribution in [0, 0.1) is 0 Å². The molecule has 0 unspecified atom stereocenters. The van der Waals surface area contributed by atoms with Crippen LogP contribution >= 0.6 is 11.6 Å². The lowest BCUT2D eigenvalue weighted by Gasteiger charge is -2.02. The predicted molar refractivity (Wildman–Crippen MR) is 74.3 cm³/mol. The fourth-order valence-electron chi connectivity index (χ4n) is 1.47. The first-order chi connectivity index (χ1) is 10.2. The smallest absolute Gasteiger partial charge is 0.273 e. The maximum Gasteiger partial charge on any atom is 0.273 e. The molecule has 112 valence electrons. The van der Waals surface area contributed by atoms with E-state index in [2.05, 4.69) is 15.5 Å². The van der Waals surface area contributed by atoms with Crippen molar-refractivity contribution in [2.75, 3.05) is 20.3 Å². The number of carbonyl (C=O) groups excluding carboxylic acids is 1. The van der Waals surface area contributed by atoms with Gasteiger partial charge in [0.2, 0.25) is 0 Å². The molecule has 8 heteroatoms. The lowest BCUT2D eigenvalue weighted by molar-refractivity contribution is 0.0927. The molecule has 1 N–H and O–H groups in total. The lowest BCUT2D eigenvalue weighted by Crippen LogP contribution is -2.27. The number of hydrogen-bond acceptors (Lipinski definition) is 6. The van der Waals surface area contributed by atoms with Crippen LogP contribution in [-0.2, 0) is 11.3 Å². The average molecular weight is 312 g/mol. The van der Waals surface area contributed by atoms with Crippen LogP contribution in [0.3, 0.4) is 0 Å². The number of halogens is 1. The topological polar surface area (TPSA) is 86.5 Å². The summed E-state index contributed by atoms with van der Waals surface area (Å²) < 4.78 is 15.3. The maximum absolute atomic E-state index is 11.7. The van der Waals surface area contributed by atoms with Crippen LogP contribution in [0.15, 0.2) is 29.0 Å². The van der Waals surface area contributed by atoms with Gasteiger partial charge in [-0.25, -0.2) is 0 Å². The number of methoxy groups -OCH3 is 1. The second kappa shape index (κ2) is 7.61. The number of pyridine rings is 1. The van der Waals surface area contributed by atoms with Crippen molar-refractivity contribution >= 4 is 17.5 Å². The van der Waals surface area contributed by atoms with Gasteiger partial charge in [0.1, 0.15) is 12.4 Å². The molecule has 1 amide bonds. The third-order valence-corrected chi connectivity index (χ3v) is 2.65. The molecule has 0 aliphatic rings. The standard InChI is InChI=1S/C13H14ClN3O4/c1-19-3-2-16-13(18)12-5-11(21-17-12)8-20-10-4-9(14)6-15-7-10/h4-7H,2-3,8H2,1H3,(H,16,18). The minimum absolute atomic E-state index is 0.125. The molecule has 2 heterocycles. The Morgan fingerprint density at radius 1 is 1.43 bits per heavy atom. The number of amides is 1. The third kappa shape index (κ3) is 4.73. The van der Waals surface area contributed by atoms with Crippen molar-refractivity contribution in [3.8, 4) is 5.75 Å². The fraction of sp³-hybridized carbons (Fsp3) is 0.308. The molecule has 0 fully saturated rings. The van der Waals surface area contributed by atoms with E-state index >= 15 is 0 Å². The Morgan fingerprint density at radius 3 is 3.05 bits per heavy atom. The molecule has 0 radical (unpaired) electrons. The van der Waals surface area contributed by atoms with Gasteiger partial charge >= 0.3 is 0 Å². The predicted octanol–water partition coefficient (Wildman–Crippen LogP) is 1.68. The molecule has 2 aromatic rings. The summed E-state index contributed by atoms with van der Waals surface area (Å²) in [5.41, 5.74) is 0.189. The van der Waals surface area contributed by atoms with E-state index in [0.717, 1.165) is 0 Å². The Morgan fingerprint density at radius 2 is 2.29 bits per heavy atom. The van der Waals surface area contributed by atoms with Gasteiger partial charge in [-0.1, -0.05) is 16.8 Å². The van der Waals surface area contributed by atoms with Gasteiger partial charge in [0, 0.05) is 32.0 Å². The summed E-state index contributed by atoms with van der Waals surface area (Å²) >= 11 is 5.79. The van der Waals surface area contributed by atoms with E-state index in [9.17, 15) is 4.79 Å². The molecule has 21 heavy (non-hydrogen) atoms. The molecular formula is C13H14ClN3O4. The quantitative estimate of drug-likeness (QED) is 0.783. The van der Waals surface area contributed by atoms with Gasteiger partial charge in [-0.2, -0.15) is 0 Å². The van der Waals surface area contributed by atoms with E-state index in [1.165, 1.54) is 18.5 Å². The Bertz CT molecular complexity index is 603. The lowest BCUT2D eigenvalue weighted by atomic mass is 10.3. The summed E-state index contributed by atoms with van der Waals surface area (Å²) in [6.07, 6.45) is 3.03. The third-order valence-electron chi connectivity index (χ3n) is 2.44. The van der Waals surface area contributed by atoms with Crippen molar-refractivity contribution in [2.24, 2.45) is 0 Å². The normalized spacial score (nSPS) is 10.4. The number of nitrogens with one attached hydrogen (secondary N) is 1. The largest absolute Gasteiger partial charge is 0.484 e. The Hall–Kier alpha value is -2.12. The number of ether oxygens (including phenoxy) is 2. The summed E-state index contributed by atoms with van der Waals surface area (Å²) in [7, 11) is 1.56. The average Bonchev–Trinajstić information content (AvgIpc) is 2.94. The van der Waals surface area contributed by atoms with Crippen molar-refractivity contribution in [1.82, 2.24) is 15.5 Å². The van der Waals surface area contributed by atoms with Gasteiger partial charge in [0.25, 0.3) is 5.91 Å². The molecule has 0 aliphatic carbocycles. The monoisotopic (exact) mass is 311 g/mol. The highest BCUT2D eigenvalue weighted by Gasteiger charge is 2.12. The molecule has 0 bridgehead atoms. The van der Waals surface area contributed by atoms with E-state index < -0.39 is 0 Å². The van der Waals surface area contributed by atoms with Crippen molar-refractivity contribution in [3.63, 3.8) is 0 Å². The number of carbonyl (C=O) groups is 1. The zero-order valence-electron chi connectivity index (χ0n) is 11.3. The summed E-state index contributed by atoms with van der Waals surface area (Å²) in [6, 6.07) is 3.14. The van der Waals surface area contributed by atoms with Crippen molar-refractivity contribution in [2.45, 2.75) is 6.61 Å². The molecule has 0 atom stereocenters. The highest BCUT2D eigenvalue weighted by Crippen LogP contribution is 2.16. The molecule has 7 nitrogen and oxygen atoms in total. The SMILES string of the molecule is COCCNC(=O)c1cc(COc2cncc(Cl)c2)on1. The fourth-order valence-corrected chi connectivity index (χ4v) is 1.63. The Labute approximate surface area is 126 Å². The Balaban J connectivity index is 1.86. The highest BCUT2D eigenvalue weighted by molar-refractivity contribution is 6.30. The first-order valence-electron chi connectivity index (χ1n) is 6.15. The molecule has 2 aromatic heterocycles. The van der Waals surface area contributed by atoms with Crippen molar-refractivity contribution in [1.29, 1.82) is 0 Å². The van der Waals surface area contributed by atoms with Gasteiger partial charge < -0.3 is 19.3 Å². The maximum atomic E-state index is 11.7. The summed E-state index contributed by atoms with van der Waals surface area (Å²) in [4.78, 5) is 15.6. The van der Waals surface area contributed by atoms with Gasteiger partial charge in [-0.05, 0) is 0 Å². The van der Waals surface area contributed by atoms with Crippen LogP contribution < -0.4 is 10.1 Å². The van der Waals surface area contributed by atoms with Crippen LogP contribution in [0.1, 0.15) is 16.2 Å².